The van der Waals surface area contributed by atoms with E-state index in [0.29, 0.717) is 11.7 Å². The van der Waals surface area contributed by atoms with Crippen LogP contribution < -0.4 is 10.5 Å². The lowest BCUT2D eigenvalue weighted by Crippen LogP contribution is -2.47. The molecule has 1 saturated heterocycles. The number of piperazine rings is 1. The topological polar surface area (TPSA) is 41.4 Å². The Morgan fingerprint density at radius 1 is 1.28 bits per heavy atom. The molecule has 0 amide bonds. The van der Waals surface area contributed by atoms with Crippen molar-refractivity contribution in [3.8, 4) is 0 Å². The van der Waals surface area contributed by atoms with E-state index in [-0.39, 0.29) is 5.56 Å². The fourth-order valence-corrected chi connectivity index (χ4v) is 2.21. The zero-order valence-electron chi connectivity index (χ0n) is 11.5. The highest BCUT2D eigenvalue weighted by atomic mass is 16.1. The SMILES string of the molecule is CC(C)Cn1ccnc(N2CCN(C)CC2)c1=O. The fourth-order valence-electron chi connectivity index (χ4n) is 2.21. The molecular formula is C13H22N4O. The molecule has 0 saturated carbocycles. The maximum absolute atomic E-state index is 12.3. The Balaban J connectivity index is 2.20. The molecule has 0 unspecified atom stereocenters. The van der Waals surface area contributed by atoms with Crippen molar-refractivity contribution in [2.75, 3.05) is 38.1 Å². The normalized spacial score (nSPS) is 17.4. The Bertz CT molecular complexity index is 447. The van der Waals surface area contributed by atoms with Crippen LogP contribution in [0.25, 0.3) is 0 Å². The van der Waals surface area contributed by atoms with Crippen LogP contribution in [0, 0.1) is 5.92 Å². The third kappa shape index (κ3) is 2.90. The summed E-state index contributed by atoms with van der Waals surface area (Å²) >= 11 is 0. The minimum absolute atomic E-state index is 0.0377. The molecule has 100 valence electrons. The van der Waals surface area contributed by atoms with Crippen molar-refractivity contribution in [1.82, 2.24) is 14.5 Å². The monoisotopic (exact) mass is 250 g/mol. The lowest BCUT2D eigenvalue weighted by Gasteiger charge is -2.32. The van der Waals surface area contributed by atoms with Crippen molar-refractivity contribution in [3.05, 3.63) is 22.7 Å². The predicted octanol–water partition coefficient (Wildman–Crippen LogP) is 0.651. The first-order chi connectivity index (χ1) is 8.58. The van der Waals surface area contributed by atoms with Crippen LogP contribution in [0.4, 0.5) is 5.82 Å². The standard InChI is InChI=1S/C13H22N4O/c1-11(2)10-17-5-4-14-12(13(17)18)16-8-6-15(3)7-9-16/h4-5,11H,6-10H2,1-3H3. The van der Waals surface area contributed by atoms with Crippen molar-refractivity contribution in [2.45, 2.75) is 20.4 Å². The minimum Gasteiger partial charge on any atom is -0.349 e. The van der Waals surface area contributed by atoms with E-state index in [2.05, 4.69) is 35.7 Å². The molecule has 5 heteroatoms. The first-order valence-electron chi connectivity index (χ1n) is 6.57. The molecule has 18 heavy (non-hydrogen) atoms. The molecule has 0 N–H and O–H groups in total. The lowest BCUT2D eigenvalue weighted by molar-refractivity contribution is 0.311. The van der Waals surface area contributed by atoms with E-state index in [4.69, 9.17) is 0 Å². The molecule has 0 atom stereocenters. The average Bonchev–Trinajstić information content (AvgIpc) is 2.33. The van der Waals surface area contributed by atoms with Crippen molar-refractivity contribution in [1.29, 1.82) is 0 Å². The highest BCUT2D eigenvalue weighted by molar-refractivity contribution is 5.36. The van der Waals surface area contributed by atoms with Gasteiger partial charge in [-0.3, -0.25) is 4.79 Å². The molecule has 5 nitrogen and oxygen atoms in total. The molecule has 1 aliphatic heterocycles. The highest BCUT2D eigenvalue weighted by Gasteiger charge is 2.18. The number of rotatable bonds is 3. The van der Waals surface area contributed by atoms with Gasteiger partial charge in [0.25, 0.3) is 5.56 Å². The molecule has 1 aromatic rings. The molecule has 2 rings (SSSR count). The number of anilines is 1. The van der Waals surface area contributed by atoms with Gasteiger partial charge in [-0.2, -0.15) is 0 Å². The second kappa shape index (κ2) is 5.52. The molecule has 1 fully saturated rings. The first kappa shape index (κ1) is 13.1. The zero-order chi connectivity index (χ0) is 13.1. The van der Waals surface area contributed by atoms with Gasteiger partial charge < -0.3 is 14.4 Å². The Kier molecular flexibility index (Phi) is 4.01. The molecule has 2 heterocycles. The highest BCUT2D eigenvalue weighted by Crippen LogP contribution is 2.08. The molecule has 1 aromatic heterocycles. The second-order valence-corrected chi connectivity index (χ2v) is 5.39. The van der Waals surface area contributed by atoms with E-state index in [1.807, 2.05) is 0 Å². The minimum atomic E-state index is 0.0377. The van der Waals surface area contributed by atoms with E-state index < -0.39 is 0 Å². The van der Waals surface area contributed by atoms with Gasteiger partial charge in [0.2, 0.25) is 0 Å². The fraction of sp³-hybridized carbons (Fsp3) is 0.692. The van der Waals surface area contributed by atoms with Crippen LogP contribution in [0.2, 0.25) is 0 Å². The Morgan fingerprint density at radius 2 is 1.94 bits per heavy atom. The van der Waals surface area contributed by atoms with Crippen molar-refractivity contribution in [2.24, 2.45) is 5.92 Å². The molecular weight excluding hydrogens is 228 g/mol. The lowest BCUT2D eigenvalue weighted by atomic mass is 10.2. The van der Waals surface area contributed by atoms with E-state index in [1.54, 1.807) is 17.0 Å². The summed E-state index contributed by atoms with van der Waals surface area (Å²) in [5.74, 6) is 1.07. The number of aromatic nitrogens is 2. The van der Waals surface area contributed by atoms with Gasteiger partial charge in [0, 0.05) is 45.1 Å². The number of nitrogens with zero attached hydrogens (tertiary/aromatic N) is 4. The molecule has 1 aliphatic rings. The molecule has 0 aliphatic carbocycles. The molecule has 0 radical (unpaired) electrons. The third-order valence-electron chi connectivity index (χ3n) is 3.26. The van der Waals surface area contributed by atoms with Crippen LogP contribution in [-0.2, 0) is 6.54 Å². The summed E-state index contributed by atoms with van der Waals surface area (Å²) in [6.07, 6.45) is 3.51. The molecule has 0 aromatic carbocycles. The number of hydrogen-bond acceptors (Lipinski definition) is 4. The number of likely N-dealkylation sites (N-methyl/N-ethyl adjacent to an activating group) is 1. The van der Waals surface area contributed by atoms with Crippen LogP contribution in [0.3, 0.4) is 0 Å². The van der Waals surface area contributed by atoms with Crippen molar-refractivity contribution in [3.63, 3.8) is 0 Å². The maximum Gasteiger partial charge on any atom is 0.293 e. The Hall–Kier alpha value is -1.36. The second-order valence-electron chi connectivity index (χ2n) is 5.39. The predicted molar refractivity (Wildman–Crippen MR) is 73.0 cm³/mol. The summed E-state index contributed by atoms with van der Waals surface area (Å²) < 4.78 is 1.77. The third-order valence-corrected chi connectivity index (χ3v) is 3.26. The maximum atomic E-state index is 12.3. The van der Waals surface area contributed by atoms with Gasteiger partial charge in [0.05, 0.1) is 0 Å². The van der Waals surface area contributed by atoms with Gasteiger partial charge in [0.15, 0.2) is 5.82 Å². The van der Waals surface area contributed by atoms with Gasteiger partial charge >= 0.3 is 0 Å². The summed E-state index contributed by atoms with van der Waals surface area (Å²) in [6, 6.07) is 0. The smallest absolute Gasteiger partial charge is 0.293 e. The van der Waals surface area contributed by atoms with Crippen LogP contribution in [0.5, 0.6) is 0 Å². The Morgan fingerprint density at radius 3 is 2.56 bits per heavy atom. The van der Waals surface area contributed by atoms with Gasteiger partial charge in [0.1, 0.15) is 0 Å². The van der Waals surface area contributed by atoms with Crippen LogP contribution >= 0.6 is 0 Å². The van der Waals surface area contributed by atoms with E-state index in [1.165, 1.54) is 0 Å². The van der Waals surface area contributed by atoms with Gasteiger partial charge in [-0.25, -0.2) is 4.98 Å². The number of hydrogen-bond donors (Lipinski definition) is 0. The van der Waals surface area contributed by atoms with Crippen LogP contribution in [0.15, 0.2) is 17.2 Å². The summed E-state index contributed by atoms with van der Waals surface area (Å²) in [6.45, 7) is 8.71. The summed E-state index contributed by atoms with van der Waals surface area (Å²) in [5, 5.41) is 0. The van der Waals surface area contributed by atoms with Crippen LogP contribution in [-0.4, -0.2) is 47.7 Å². The largest absolute Gasteiger partial charge is 0.349 e. The average molecular weight is 250 g/mol. The summed E-state index contributed by atoms with van der Waals surface area (Å²) in [7, 11) is 2.10. The van der Waals surface area contributed by atoms with Crippen LogP contribution in [0.1, 0.15) is 13.8 Å². The van der Waals surface area contributed by atoms with E-state index in [9.17, 15) is 4.79 Å². The summed E-state index contributed by atoms with van der Waals surface area (Å²) in [4.78, 5) is 21.0. The van der Waals surface area contributed by atoms with Gasteiger partial charge in [-0.05, 0) is 13.0 Å². The Labute approximate surface area is 108 Å². The van der Waals surface area contributed by atoms with E-state index in [0.717, 1.165) is 32.7 Å². The molecule has 0 bridgehead atoms. The quantitative estimate of drug-likeness (QED) is 0.790. The van der Waals surface area contributed by atoms with Crippen molar-refractivity contribution >= 4 is 5.82 Å². The first-order valence-corrected chi connectivity index (χ1v) is 6.57. The summed E-state index contributed by atoms with van der Waals surface area (Å²) in [5.41, 5.74) is 0.0377. The van der Waals surface area contributed by atoms with Gasteiger partial charge in [-0.15, -0.1) is 0 Å². The van der Waals surface area contributed by atoms with E-state index >= 15 is 0 Å². The van der Waals surface area contributed by atoms with Gasteiger partial charge in [-0.1, -0.05) is 13.8 Å². The van der Waals surface area contributed by atoms with Crippen molar-refractivity contribution < 1.29 is 0 Å². The zero-order valence-corrected chi connectivity index (χ0v) is 11.5. The molecule has 0 spiro atoms.